The summed E-state index contributed by atoms with van der Waals surface area (Å²) in [5.41, 5.74) is 0. The summed E-state index contributed by atoms with van der Waals surface area (Å²) in [7, 11) is 0. The number of hydrogen-bond donors (Lipinski definition) is 1. The fourth-order valence-corrected chi connectivity index (χ4v) is 2.67. The number of carbonyl (C=O) groups excluding carboxylic acids is 1. The Hall–Kier alpha value is -0.570. The molecule has 1 heterocycles. The third kappa shape index (κ3) is 1.26. The molecule has 0 aromatic heterocycles. The lowest BCUT2D eigenvalue weighted by atomic mass is 9.88. The number of hydrogen-bond acceptors (Lipinski definition) is 2. The Labute approximate surface area is 78.7 Å². The molecule has 3 unspecified atom stereocenters. The summed E-state index contributed by atoms with van der Waals surface area (Å²) in [6, 6.07) is 0.335. The number of fused-ring (bicyclic) bond motifs is 2. The Bertz CT molecular complexity index is 227. The van der Waals surface area contributed by atoms with Crippen LogP contribution in [-0.4, -0.2) is 34.1 Å². The summed E-state index contributed by atoms with van der Waals surface area (Å²) in [6.45, 7) is 4.04. The number of carbonyl (C=O) groups is 1. The third-order valence-corrected chi connectivity index (χ3v) is 3.30. The molecular weight excluding hydrogens is 166 g/mol. The van der Waals surface area contributed by atoms with E-state index in [0.717, 1.165) is 19.3 Å². The summed E-state index contributed by atoms with van der Waals surface area (Å²) >= 11 is 0. The lowest BCUT2D eigenvalue weighted by Gasteiger charge is -2.31. The standard InChI is InChI=1S/C10H17NO2/c1-6(2)11-8-5-7(10(11)13)3-4-9(8)12/h6-9,12H,3-5H2,1-2H3. The van der Waals surface area contributed by atoms with Crippen molar-refractivity contribution in [2.45, 2.75) is 51.3 Å². The van der Waals surface area contributed by atoms with Gasteiger partial charge in [-0.15, -0.1) is 0 Å². The van der Waals surface area contributed by atoms with Crippen LogP contribution in [0.25, 0.3) is 0 Å². The van der Waals surface area contributed by atoms with Crippen molar-refractivity contribution in [1.29, 1.82) is 0 Å². The Morgan fingerprint density at radius 1 is 1.46 bits per heavy atom. The maximum absolute atomic E-state index is 11.8. The third-order valence-electron chi connectivity index (χ3n) is 3.30. The minimum Gasteiger partial charge on any atom is -0.391 e. The van der Waals surface area contributed by atoms with Crippen molar-refractivity contribution >= 4 is 5.91 Å². The minimum atomic E-state index is -0.287. The van der Waals surface area contributed by atoms with Crippen LogP contribution in [0, 0.1) is 5.92 Å². The molecular formula is C10H17NO2. The average Bonchev–Trinajstić information content (AvgIpc) is 2.33. The van der Waals surface area contributed by atoms with Crippen molar-refractivity contribution in [3.8, 4) is 0 Å². The number of likely N-dealkylation sites (tertiary alicyclic amines) is 1. The van der Waals surface area contributed by atoms with Crippen LogP contribution in [-0.2, 0) is 4.79 Å². The molecule has 2 aliphatic rings. The molecule has 1 saturated carbocycles. The van der Waals surface area contributed by atoms with Crippen LogP contribution >= 0.6 is 0 Å². The zero-order valence-electron chi connectivity index (χ0n) is 8.23. The summed E-state index contributed by atoms with van der Waals surface area (Å²) in [5.74, 6) is 0.465. The van der Waals surface area contributed by atoms with Crippen LogP contribution in [0.1, 0.15) is 33.1 Å². The summed E-state index contributed by atoms with van der Waals surface area (Å²) in [5, 5.41) is 9.74. The van der Waals surface area contributed by atoms with Crippen LogP contribution in [0.2, 0.25) is 0 Å². The fourth-order valence-electron chi connectivity index (χ4n) is 2.67. The van der Waals surface area contributed by atoms with E-state index in [0.29, 0.717) is 0 Å². The molecule has 0 aromatic rings. The molecule has 1 saturated heterocycles. The molecule has 3 nitrogen and oxygen atoms in total. The SMILES string of the molecule is CC(C)N1C(=O)C2CCC(O)C1C2. The summed E-state index contributed by atoms with van der Waals surface area (Å²) < 4.78 is 0. The minimum absolute atomic E-state index is 0.103. The van der Waals surface area contributed by atoms with Crippen molar-refractivity contribution in [3.05, 3.63) is 0 Å². The highest BCUT2D eigenvalue weighted by Crippen LogP contribution is 2.37. The molecule has 1 aliphatic heterocycles. The van der Waals surface area contributed by atoms with E-state index in [9.17, 15) is 9.90 Å². The smallest absolute Gasteiger partial charge is 0.226 e. The van der Waals surface area contributed by atoms with Gasteiger partial charge in [-0.1, -0.05) is 0 Å². The molecule has 0 spiro atoms. The molecule has 3 atom stereocenters. The molecule has 2 rings (SSSR count). The maximum Gasteiger partial charge on any atom is 0.226 e. The van der Waals surface area contributed by atoms with Gasteiger partial charge in [0.05, 0.1) is 12.1 Å². The van der Waals surface area contributed by atoms with Crippen molar-refractivity contribution in [1.82, 2.24) is 4.90 Å². The molecule has 3 heteroatoms. The second-order valence-corrected chi connectivity index (χ2v) is 4.48. The Morgan fingerprint density at radius 3 is 2.77 bits per heavy atom. The second-order valence-electron chi connectivity index (χ2n) is 4.48. The summed E-state index contributed by atoms with van der Waals surface area (Å²) in [4.78, 5) is 13.7. The lowest BCUT2D eigenvalue weighted by Crippen LogP contribution is -2.44. The van der Waals surface area contributed by atoms with E-state index in [1.165, 1.54) is 0 Å². The molecule has 2 bridgehead atoms. The van der Waals surface area contributed by atoms with E-state index in [2.05, 4.69) is 0 Å². The highest BCUT2D eigenvalue weighted by molar-refractivity contribution is 5.82. The average molecular weight is 183 g/mol. The van der Waals surface area contributed by atoms with Gasteiger partial charge in [0.1, 0.15) is 0 Å². The molecule has 74 valence electrons. The van der Waals surface area contributed by atoms with Gasteiger partial charge in [0.2, 0.25) is 5.91 Å². The highest BCUT2D eigenvalue weighted by atomic mass is 16.3. The molecule has 1 amide bonds. The first kappa shape index (κ1) is 9.00. The van der Waals surface area contributed by atoms with Crippen molar-refractivity contribution in [2.75, 3.05) is 0 Å². The van der Waals surface area contributed by atoms with E-state index in [4.69, 9.17) is 0 Å². The first-order chi connectivity index (χ1) is 6.11. The zero-order chi connectivity index (χ0) is 9.59. The molecule has 0 aromatic carbocycles. The first-order valence-electron chi connectivity index (χ1n) is 5.11. The zero-order valence-corrected chi connectivity index (χ0v) is 8.23. The van der Waals surface area contributed by atoms with Gasteiger partial charge in [-0.2, -0.15) is 0 Å². The monoisotopic (exact) mass is 183 g/mol. The van der Waals surface area contributed by atoms with Gasteiger partial charge in [-0.05, 0) is 33.1 Å². The van der Waals surface area contributed by atoms with Crippen molar-refractivity contribution in [3.63, 3.8) is 0 Å². The van der Waals surface area contributed by atoms with Gasteiger partial charge in [0.15, 0.2) is 0 Å². The van der Waals surface area contributed by atoms with E-state index >= 15 is 0 Å². The predicted molar refractivity (Wildman–Crippen MR) is 49.1 cm³/mol. The predicted octanol–water partition coefficient (Wildman–Crippen LogP) is 0.767. The normalized spacial score (nSPS) is 38.9. The van der Waals surface area contributed by atoms with Gasteiger partial charge in [0.25, 0.3) is 0 Å². The number of rotatable bonds is 1. The number of aliphatic hydroxyl groups is 1. The number of nitrogens with zero attached hydrogens (tertiary/aromatic N) is 1. The van der Waals surface area contributed by atoms with Crippen molar-refractivity contribution < 1.29 is 9.90 Å². The van der Waals surface area contributed by atoms with Gasteiger partial charge >= 0.3 is 0 Å². The van der Waals surface area contributed by atoms with E-state index in [1.807, 2.05) is 18.7 Å². The van der Waals surface area contributed by atoms with Crippen LogP contribution in [0.15, 0.2) is 0 Å². The maximum atomic E-state index is 11.8. The molecule has 1 N–H and O–H groups in total. The van der Waals surface area contributed by atoms with E-state index < -0.39 is 0 Å². The van der Waals surface area contributed by atoms with Gasteiger partial charge in [0, 0.05) is 12.0 Å². The Morgan fingerprint density at radius 2 is 2.15 bits per heavy atom. The molecule has 13 heavy (non-hydrogen) atoms. The number of aliphatic hydroxyl groups excluding tert-OH is 1. The quantitative estimate of drug-likeness (QED) is 0.652. The fraction of sp³-hybridized carbons (Fsp3) is 0.900. The number of amides is 1. The van der Waals surface area contributed by atoms with Gasteiger partial charge in [-0.3, -0.25) is 4.79 Å². The summed E-state index contributed by atoms with van der Waals surface area (Å²) in [6.07, 6.45) is 2.26. The molecule has 0 radical (unpaired) electrons. The second kappa shape index (κ2) is 2.98. The van der Waals surface area contributed by atoms with Crippen LogP contribution in [0.4, 0.5) is 0 Å². The van der Waals surface area contributed by atoms with Crippen LogP contribution in [0.5, 0.6) is 0 Å². The van der Waals surface area contributed by atoms with Gasteiger partial charge in [-0.25, -0.2) is 0 Å². The lowest BCUT2D eigenvalue weighted by molar-refractivity contribution is -0.133. The van der Waals surface area contributed by atoms with Gasteiger partial charge < -0.3 is 10.0 Å². The van der Waals surface area contributed by atoms with Crippen molar-refractivity contribution in [2.24, 2.45) is 5.92 Å². The Balaban J connectivity index is 2.23. The van der Waals surface area contributed by atoms with E-state index in [-0.39, 0.29) is 30.0 Å². The highest BCUT2D eigenvalue weighted by Gasteiger charge is 2.46. The first-order valence-corrected chi connectivity index (χ1v) is 5.11. The molecule has 2 fully saturated rings. The topological polar surface area (TPSA) is 40.5 Å². The van der Waals surface area contributed by atoms with Crippen LogP contribution in [0.3, 0.4) is 0 Å². The molecule has 1 aliphatic carbocycles. The Kier molecular flexibility index (Phi) is 2.06. The van der Waals surface area contributed by atoms with E-state index in [1.54, 1.807) is 0 Å². The largest absolute Gasteiger partial charge is 0.391 e. The van der Waals surface area contributed by atoms with Crippen LogP contribution < -0.4 is 0 Å².